The van der Waals surface area contributed by atoms with Gasteiger partial charge in [0.15, 0.2) is 11.5 Å². The smallest absolute Gasteiger partial charge is 0.329 e. The average molecular weight is 630 g/mol. The highest BCUT2D eigenvalue weighted by Gasteiger charge is 2.39. The van der Waals surface area contributed by atoms with Gasteiger partial charge in [-0.3, -0.25) is 14.9 Å². The van der Waals surface area contributed by atoms with Gasteiger partial charge in [0.05, 0.1) is 40.1 Å². The van der Waals surface area contributed by atoms with Gasteiger partial charge in [-0.1, -0.05) is 30.3 Å². The Labute approximate surface area is 263 Å². The van der Waals surface area contributed by atoms with E-state index in [1.54, 1.807) is 26.0 Å². The lowest BCUT2D eigenvalue weighted by molar-refractivity contribution is -0.757. The number of carbonyl (C=O) groups excluding carboxylic acids is 3. The molecule has 1 aliphatic rings. The maximum atomic E-state index is 14.0. The first-order valence-corrected chi connectivity index (χ1v) is 15.1. The highest BCUT2D eigenvalue weighted by Crippen LogP contribution is 2.35. The number of aryl methyl sites for hydroxylation is 1. The number of esters is 2. The summed E-state index contributed by atoms with van der Waals surface area (Å²) >= 11 is 0. The number of hydrogen-bond donors (Lipinski definition) is 1. The summed E-state index contributed by atoms with van der Waals surface area (Å²) in [5, 5.41) is 12.6. The van der Waals surface area contributed by atoms with E-state index in [9.17, 15) is 24.5 Å². The van der Waals surface area contributed by atoms with Crippen molar-refractivity contribution in [1.82, 2.24) is 10.2 Å². The SMILES string of the molecule is CCOC(=O)C(CCc1ccccc1)NC(C)C(=O)N1Cc2cc(OC)c(OC)cc2CC1C(=O)OCCCCCO[N+](=O)[O-]. The molecule has 3 unspecified atom stereocenters. The van der Waals surface area contributed by atoms with Crippen molar-refractivity contribution >= 4 is 17.8 Å². The lowest BCUT2D eigenvalue weighted by Gasteiger charge is -2.37. The first-order chi connectivity index (χ1) is 21.7. The number of unbranched alkanes of at least 4 members (excludes halogenated alkanes) is 2. The molecule has 1 N–H and O–H groups in total. The Morgan fingerprint density at radius 3 is 2.31 bits per heavy atom. The van der Waals surface area contributed by atoms with Crippen LogP contribution in [0.3, 0.4) is 0 Å². The predicted molar refractivity (Wildman–Crippen MR) is 163 cm³/mol. The second-order valence-electron chi connectivity index (χ2n) is 10.7. The van der Waals surface area contributed by atoms with E-state index >= 15 is 0 Å². The van der Waals surface area contributed by atoms with Crippen molar-refractivity contribution in [3.8, 4) is 11.5 Å². The number of rotatable bonds is 18. The molecule has 0 saturated heterocycles. The molecule has 2 aromatic carbocycles. The van der Waals surface area contributed by atoms with Crippen LogP contribution in [-0.4, -0.2) is 80.0 Å². The third-order valence-corrected chi connectivity index (χ3v) is 7.58. The summed E-state index contributed by atoms with van der Waals surface area (Å²) in [5.74, 6) is -0.383. The molecule has 0 aromatic heterocycles. The van der Waals surface area contributed by atoms with Crippen LogP contribution in [0.2, 0.25) is 0 Å². The van der Waals surface area contributed by atoms with E-state index in [-0.39, 0.29) is 38.7 Å². The van der Waals surface area contributed by atoms with Crippen LogP contribution in [0.4, 0.5) is 0 Å². The van der Waals surface area contributed by atoms with Crippen LogP contribution in [0.15, 0.2) is 42.5 Å². The Kier molecular flexibility index (Phi) is 13.9. The maximum Gasteiger partial charge on any atom is 0.329 e. The van der Waals surface area contributed by atoms with Crippen molar-refractivity contribution in [2.75, 3.05) is 34.0 Å². The van der Waals surface area contributed by atoms with Crippen LogP contribution in [0.5, 0.6) is 11.5 Å². The number of hydrogen-bond acceptors (Lipinski definition) is 11. The van der Waals surface area contributed by atoms with Gasteiger partial charge in [0.1, 0.15) is 12.1 Å². The van der Waals surface area contributed by atoms with Crippen LogP contribution in [0.25, 0.3) is 0 Å². The third kappa shape index (κ3) is 10.3. The minimum atomic E-state index is -0.921. The molecule has 0 bridgehead atoms. The summed E-state index contributed by atoms with van der Waals surface area (Å²) in [6, 6.07) is 10.8. The summed E-state index contributed by atoms with van der Waals surface area (Å²) < 4.78 is 21.8. The zero-order chi connectivity index (χ0) is 32.8. The van der Waals surface area contributed by atoms with Crippen molar-refractivity contribution in [3.05, 3.63) is 69.3 Å². The number of carbonyl (C=O) groups is 3. The monoisotopic (exact) mass is 629 g/mol. The fraction of sp³-hybridized carbons (Fsp3) is 0.531. The second kappa shape index (κ2) is 17.8. The molecule has 0 aliphatic carbocycles. The maximum absolute atomic E-state index is 14.0. The molecule has 0 radical (unpaired) electrons. The van der Waals surface area contributed by atoms with Gasteiger partial charge >= 0.3 is 11.9 Å². The minimum Gasteiger partial charge on any atom is -0.493 e. The van der Waals surface area contributed by atoms with E-state index < -0.39 is 35.2 Å². The number of methoxy groups -OCH3 is 2. The molecule has 13 nitrogen and oxygen atoms in total. The summed E-state index contributed by atoms with van der Waals surface area (Å²) in [6.07, 6.45) is 2.70. The van der Waals surface area contributed by atoms with Gasteiger partial charge in [-0.15, -0.1) is 10.1 Å². The van der Waals surface area contributed by atoms with E-state index in [2.05, 4.69) is 10.2 Å². The van der Waals surface area contributed by atoms with Crippen LogP contribution < -0.4 is 14.8 Å². The fourth-order valence-corrected chi connectivity index (χ4v) is 5.23. The van der Waals surface area contributed by atoms with Crippen LogP contribution >= 0.6 is 0 Å². The predicted octanol–water partition coefficient (Wildman–Crippen LogP) is 3.42. The molecule has 1 amide bonds. The van der Waals surface area contributed by atoms with Crippen molar-refractivity contribution in [1.29, 1.82) is 0 Å². The Balaban J connectivity index is 1.76. The zero-order valence-corrected chi connectivity index (χ0v) is 26.3. The van der Waals surface area contributed by atoms with E-state index in [1.807, 2.05) is 30.3 Å². The standard InChI is InChI=1S/C32H43N3O10/c1-5-43-31(37)26(15-14-23-12-8-6-9-13-23)33-22(2)30(36)34-21-25-20-29(42-4)28(41-3)19-24(25)18-27(34)32(38)44-16-10-7-11-17-45-35(39)40/h6,8-9,12-13,19-20,22,26-27,33H,5,7,10-11,14-18,21H2,1-4H3. The van der Waals surface area contributed by atoms with Gasteiger partial charge in [-0.2, -0.15) is 0 Å². The van der Waals surface area contributed by atoms with E-state index in [0.29, 0.717) is 43.6 Å². The van der Waals surface area contributed by atoms with Gasteiger partial charge in [0, 0.05) is 13.0 Å². The number of nitrogens with one attached hydrogen (secondary N) is 1. The normalized spacial score (nSPS) is 15.3. The molecule has 13 heteroatoms. The van der Waals surface area contributed by atoms with Crippen LogP contribution in [0.1, 0.15) is 56.2 Å². The molecule has 0 saturated carbocycles. The molecule has 0 fully saturated rings. The van der Waals surface area contributed by atoms with Crippen LogP contribution in [-0.2, 0) is 48.1 Å². The topological polar surface area (TPSA) is 156 Å². The highest BCUT2D eigenvalue weighted by atomic mass is 16.9. The summed E-state index contributed by atoms with van der Waals surface area (Å²) in [7, 11) is 3.05. The molecular formula is C32H43N3O10. The number of benzene rings is 2. The van der Waals surface area contributed by atoms with Gasteiger partial charge in [-0.05, 0) is 74.8 Å². The molecule has 2 aromatic rings. The van der Waals surface area contributed by atoms with E-state index in [1.165, 1.54) is 19.1 Å². The Morgan fingerprint density at radius 1 is 1.00 bits per heavy atom. The molecule has 45 heavy (non-hydrogen) atoms. The summed E-state index contributed by atoms with van der Waals surface area (Å²) in [5.41, 5.74) is 2.68. The number of amides is 1. The molecular weight excluding hydrogens is 586 g/mol. The quantitative estimate of drug-likeness (QED) is 0.112. The first kappa shape index (κ1) is 35.1. The van der Waals surface area contributed by atoms with Crippen molar-refractivity contribution in [2.24, 2.45) is 0 Å². The average Bonchev–Trinajstić information content (AvgIpc) is 3.04. The molecule has 3 atom stereocenters. The summed E-state index contributed by atoms with van der Waals surface area (Å²) in [4.78, 5) is 56.3. The third-order valence-electron chi connectivity index (χ3n) is 7.58. The Hall–Kier alpha value is -4.39. The van der Waals surface area contributed by atoms with Gasteiger partial charge < -0.3 is 28.7 Å². The highest BCUT2D eigenvalue weighted by molar-refractivity contribution is 5.89. The number of fused-ring (bicyclic) bond motifs is 1. The van der Waals surface area contributed by atoms with E-state index in [0.717, 1.165) is 16.7 Å². The zero-order valence-electron chi connectivity index (χ0n) is 26.3. The minimum absolute atomic E-state index is 0.0308. The Bertz CT molecular complexity index is 1290. The van der Waals surface area contributed by atoms with Crippen molar-refractivity contribution in [2.45, 2.75) is 77.0 Å². The lowest BCUT2D eigenvalue weighted by Crippen LogP contribution is -2.56. The van der Waals surface area contributed by atoms with Crippen molar-refractivity contribution < 1.29 is 43.3 Å². The lowest BCUT2D eigenvalue weighted by atomic mass is 9.92. The molecule has 1 aliphatic heterocycles. The molecule has 0 spiro atoms. The van der Waals surface area contributed by atoms with Gasteiger partial charge in [-0.25, -0.2) is 4.79 Å². The van der Waals surface area contributed by atoms with Crippen LogP contribution in [0, 0.1) is 10.1 Å². The first-order valence-electron chi connectivity index (χ1n) is 15.1. The molecule has 246 valence electrons. The van der Waals surface area contributed by atoms with Gasteiger partial charge in [0.2, 0.25) is 5.91 Å². The fourth-order valence-electron chi connectivity index (χ4n) is 5.23. The number of nitrogens with zero attached hydrogens (tertiary/aromatic N) is 2. The Morgan fingerprint density at radius 2 is 1.67 bits per heavy atom. The van der Waals surface area contributed by atoms with Crippen molar-refractivity contribution in [3.63, 3.8) is 0 Å². The van der Waals surface area contributed by atoms with Gasteiger partial charge in [0.25, 0.3) is 5.09 Å². The second-order valence-corrected chi connectivity index (χ2v) is 10.7. The molecule has 3 rings (SSSR count). The molecule has 1 heterocycles. The van der Waals surface area contributed by atoms with E-state index in [4.69, 9.17) is 18.9 Å². The number of ether oxygens (including phenoxy) is 4. The largest absolute Gasteiger partial charge is 0.493 e. The summed E-state index contributed by atoms with van der Waals surface area (Å²) in [6.45, 7) is 3.77.